The number of rotatable bonds is 9. The molecule has 3 N–H and O–H groups in total. The highest BCUT2D eigenvalue weighted by Crippen LogP contribution is 2.46. The fraction of sp³-hybridized carbons (Fsp3) is 0.269. The highest BCUT2D eigenvalue weighted by atomic mass is 35.5. The molecule has 174 valence electrons. The molecule has 0 amide bonds. The van der Waals surface area contributed by atoms with Gasteiger partial charge in [0.1, 0.15) is 5.82 Å². The summed E-state index contributed by atoms with van der Waals surface area (Å²) in [4.78, 5) is 12.9. The number of carboxylic acid groups (broad SMARTS) is 1. The van der Waals surface area contributed by atoms with Crippen molar-refractivity contribution in [2.45, 2.75) is 44.8 Å². The van der Waals surface area contributed by atoms with E-state index in [-0.39, 0.29) is 18.2 Å². The van der Waals surface area contributed by atoms with Crippen molar-refractivity contribution >= 4 is 35.0 Å². The molecule has 0 aliphatic carbocycles. The summed E-state index contributed by atoms with van der Waals surface area (Å²) in [5, 5.41) is 29.7. The fourth-order valence-corrected chi connectivity index (χ4v) is 5.06. The Balaban J connectivity index is 2.10. The SMILES string of the molecule is CC(C)c1sc(-c2ccc(Cl)cc2)c(-c2ccc(F)cc2)c1/C=C/[C@@H](O)C[C@@H](O)CC(=O)O. The Morgan fingerprint density at radius 3 is 2.24 bits per heavy atom. The van der Waals surface area contributed by atoms with Gasteiger partial charge in [0.2, 0.25) is 0 Å². The van der Waals surface area contributed by atoms with Gasteiger partial charge in [-0.1, -0.05) is 61.9 Å². The Morgan fingerprint density at radius 1 is 1.06 bits per heavy atom. The molecule has 33 heavy (non-hydrogen) atoms. The number of aliphatic carboxylic acids is 1. The van der Waals surface area contributed by atoms with E-state index in [9.17, 15) is 19.4 Å². The molecular weight excluding hydrogens is 463 g/mol. The molecule has 0 aliphatic heterocycles. The zero-order valence-corrected chi connectivity index (χ0v) is 19.9. The molecule has 1 heterocycles. The van der Waals surface area contributed by atoms with Crippen molar-refractivity contribution in [2.24, 2.45) is 0 Å². The zero-order valence-electron chi connectivity index (χ0n) is 18.3. The van der Waals surface area contributed by atoms with Gasteiger partial charge in [-0.3, -0.25) is 4.79 Å². The summed E-state index contributed by atoms with van der Waals surface area (Å²) >= 11 is 7.71. The van der Waals surface area contributed by atoms with Crippen LogP contribution in [0, 0.1) is 5.82 Å². The molecule has 0 aliphatic rings. The van der Waals surface area contributed by atoms with Gasteiger partial charge in [0.25, 0.3) is 0 Å². The van der Waals surface area contributed by atoms with Gasteiger partial charge < -0.3 is 15.3 Å². The quantitative estimate of drug-likeness (QED) is 0.317. The first-order valence-electron chi connectivity index (χ1n) is 10.6. The number of aliphatic hydroxyl groups is 2. The molecule has 0 saturated heterocycles. The maximum atomic E-state index is 13.6. The van der Waals surface area contributed by atoms with E-state index in [1.54, 1.807) is 29.5 Å². The summed E-state index contributed by atoms with van der Waals surface area (Å²) < 4.78 is 13.6. The van der Waals surface area contributed by atoms with Crippen molar-refractivity contribution in [1.82, 2.24) is 0 Å². The van der Waals surface area contributed by atoms with Crippen LogP contribution in [-0.2, 0) is 4.79 Å². The van der Waals surface area contributed by atoms with Crippen LogP contribution < -0.4 is 0 Å². The first kappa shape index (κ1) is 25.1. The second-order valence-corrected chi connectivity index (χ2v) is 9.66. The summed E-state index contributed by atoms with van der Waals surface area (Å²) in [5.74, 6) is -1.26. The van der Waals surface area contributed by atoms with Crippen molar-refractivity contribution in [3.8, 4) is 21.6 Å². The topological polar surface area (TPSA) is 77.8 Å². The van der Waals surface area contributed by atoms with Gasteiger partial charge in [0.05, 0.1) is 18.6 Å². The van der Waals surface area contributed by atoms with Crippen LogP contribution in [0.1, 0.15) is 43.0 Å². The molecule has 1 aromatic heterocycles. The summed E-state index contributed by atoms with van der Waals surface area (Å²) in [7, 11) is 0. The van der Waals surface area contributed by atoms with E-state index >= 15 is 0 Å². The van der Waals surface area contributed by atoms with Gasteiger partial charge in [-0.05, 0) is 46.9 Å². The van der Waals surface area contributed by atoms with Gasteiger partial charge in [-0.2, -0.15) is 0 Å². The third-order valence-electron chi connectivity index (χ3n) is 5.15. The van der Waals surface area contributed by atoms with Crippen LogP contribution in [0.4, 0.5) is 4.39 Å². The maximum absolute atomic E-state index is 13.6. The standard InChI is InChI=1S/C26H26ClFO4S/c1-15(2)25-22(12-11-20(29)13-21(30)14-23(31)32)24(16-5-9-19(28)10-6-16)26(33-25)17-3-7-18(27)8-4-17/h3-12,15,20-21,29-30H,13-14H2,1-2H3,(H,31,32)/b12-11+/t20-,21-/m1/s1. The van der Waals surface area contributed by atoms with E-state index in [1.165, 1.54) is 12.1 Å². The van der Waals surface area contributed by atoms with Crippen LogP contribution in [0.5, 0.6) is 0 Å². The zero-order chi connectivity index (χ0) is 24.1. The number of hydrogen-bond donors (Lipinski definition) is 3. The van der Waals surface area contributed by atoms with Crippen molar-refractivity contribution < 1.29 is 24.5 Å². The molecule has 0 spiro atoms. The Hall–Kier alpha value is -2.51. The number of aliphatic hydroxyl groups excluding tert-OH is 2. The minimum Gasteiger partial charge on any atom is -0.481 e. The lowest BCUT2D eigenvalue weighted by Crippen LogP contribution is -2.19. The molecule has 2 aromatic carbocycles. The number of carbonyl (C=O) groups is 1. The second-order valence-electron chi connectivity index (χ2n) is 8.17. The number of carboxylic acids is 1. The van der Waals surface area contributed by atoms with Crippen LogP contribution in [0.2, 0.25) is 5.02 Å². The van der Waals surface area contributed by atoms with Crippen molar-refractivity contribution in [3.63, 3.8) is 0 Å². The van der Waals surface area contributed by atoms with Crippen LogP contribution in [-0.4, -0.2) is 33.5 Å². The smallest absolute Gasteiger partial charge is 0.305 e. The average Bonchev–Trinajstić information content (AvgIpc) is 3.12. The molecule has 0 radical (unpaired) electrons. The molecule has 7 heteroatoms. The fourth-order valence-electron chi connectivity index (χ4n) is 3.61. The van der Waals surface area contributed by atoms with E-state index in [1.807, 2.05) is 30.3 Å². The van der Waals surface area contributed by atoms with E-state index < -0.39 is 24.6 Å². The van der Waals surface area contributed by atoms with Crippen LogP contribution in [0.25, 0.3) is 27.6 Å². The normalized spacial score (nSPS) is 13.5. The molecule has 0 fully saturated rings. The molecular formula is C26H26ClFO4S. The third-order valence-corrected chi connectivity index (χ3v) is 6.95. The lowest BCUT2D eigenvalue weighted by molar-refractivity contribution is -0.139. The number of halogens is 2. The Morgan fingerprint density at radius 2 is 1.67 bits per heavy atom. The average molecular weight is 489 g/mol. The van der Waals surface area contributed by atoms with Gasteiger partial charge in [0.15, 0.2) is 0 Å². The maximum Gasteiger partial charge on any atom is 0.305 e. The van der Waals surface area contributed by atoms with E-state index in [2.05, 4.69) is 13.8 Å². The number of thiophene rings is 1. The summed E-state index contributed by atoms with van der Waals surface area (Å²) in [6, 6.07) is 13.8. The second kappa shape index (κ2) is 11.1. The van der Waals surface area contributed by atoms with Gasteiger partial charge in [-0.15, -0.1) is 11.3 Å². The predicted octanol–water partition coefficient (Wildman–Crippen LogP) is 6.60. The van der Waals surface area contributed by atoms with Crippen molar-refractivity contribution in [1.29, 1.82) is 0 Å². The van der Waals surface area contributed by atoms with Crippen molar-refractivity contribution in [2.75, 3.05) is 0 Å². The molecule has 0 saturated carbocycles. The molecule has 2 atom stereocenters. The summed E-state index contributed by atoms with van der Waals surface area (Å²) in [6.07, 6.45) is 0.705. The van der Waals surface area contributed by atoms with Gasteiger partial charge in [-0.25, -0.2) is 4.39 Å². The Labute approximate surface area is 201 Å². The minimum absolute atomic E-state index is 0.0835. The molecule has 0 unspecified atom stereocenters. The first-order valence-corrected chi connectivity index (χ1v) is 11.8. The summed E-state index contributed by atoms with van der Waals surface area (Å²) in [6.45, 7) is 4.16. The number of benzene rings is 2. The third kappa shape index (κ3) is 6.51. The van der Waals surface area contributed by atoms with E-state index in [0.717, 1.165) is 32.0 Å². The van der Waals surface area contributed by atoms with Gasteiger partial charge in [0, 0.05) is 26.8 Å². The first-order chi connectivity index (χ1) is 15.7. The predicted molar refractivity (Wildman–Crippen MR) is 132 cm³/mol. The molecule has 3 aromatic rings. The Kier molecular flexibility index (Phi) is 8.43. The van der Waals surface area contributed by atoms with Crippen molar-refractivity contribution in [3.05, 3.63) is 75.9 Å². The molecule has 0 bridgehead atoms. The molecule has 3 rings (SSSR count). The van der Waals surface area contributed by atoms with Crippen LogP contribution >= 0.6 is 22.9 Å². The molecule has 4 nitrogen and oxygen atoms in total. The lowest BCUT2D eigenvalue weighted by Gasteiger charge is -2.12. The van der Waals surface area contributed by atoms with E-state index in [4.69, 9.17) is 16.7 Å². The van der Waals surface area contributed by atoms with Crippen LogP contribution in [0.15, 0.2) is 54.6 Å². The van der Waals surface area contributed by atoms with Gasteiger partial charge >= 0.3 is 5.97 Å². The minimum atomic E-state index is -1.14. The highest BCUT2D eigenvalue weighted by molar-refractivity contribution is 7.16. The largest absolute Gasteiger partial charge is 0.481 e. The monoisotopic (exact) mass is 488 g/mol. The van der Waals surface area contributed by atoms with Crippen LogP contribution in [0.3, 0.4) is 0 Å². The summed E-state index contributed by atoms with van der Waals surface area (Å²) in [5.41, 5.74) is 3.63. The highest BCUT2D eigenvalue weighted by Gasteiger charge is 2.22. The number of hydrogen-bond acceptors (Lipinski definition) is 4. The van der Waals surface area contributed by atoms with E-state index in [0.29, 0.717) is 5.02 Å². The Bertz CT molecular complexity index is 1120. The lowest BCUT2D eigenvalue weighted by atomic mass is 9.94.